The summed E-state index contributed by atoms with van der Waals surface area (Å²) in [5.74, 6) is 0.209. The standard InChI is InChI=1S/C16H13N3O3/c20-16(19(21)15-8-4-5-10-17-15)13-9-11-18(12-13)22-14-6-2-1-3-7-14/h1-12,21H. The summed E-state index contributed by atoms with van der Waals surface area (Å²) in [7, 11) is 0. The van der Waals surface area contributed by atoms with Gasteiger partial charge in [0.2, 0.25) is 0 Å². The number of anilines is 1. The molecule has 0 bridgehead atoms. The highest BCUT2D eigenvalue weighted by molar-refractivity contribution is 6.03. The average Bonchev–Trinajstić information content (AvgIpc) is 3.04. The Hall–Kier alpha value is -3.12. The Kier molecular flexibility index (Phi) is 3.84. The van der Waals surface area contributed by atoms with Gasteiger partial charge < -0.3 is 4.84 Å². The highest BCUT2D eigenvalue weighted by atomic mass is 16.7. The molecule has 0 unspecified atom stereocenters. The second-order valence-corrected chi connectivity index (χ2v) is 4.47. The summed E-state index contributed by atoms with van der Waals surface area (Å²) >= 11 is 0. The first-order chi connectivity index (χ1) is 10.7. The summed E-state index contributed by atoms with van der Waals surface area (Å²) in [6.07, 6.45) is 4.57. The third-order valence-electron chi connectivity index (χ3n) is 2.93. The number of para-hydroxylation sites is 1. The molecule has 0 atom stereocenters. The number of carbonyl (C=O) groups excluding carboxylic acids is 1. The van der Waals surface area contributed by atoms with Crippen molar-refractivity contribution in [3.63, 3.8) is 0 Å². The van der Waals surface area contributed by atoms with Gasteiger partial charge in [-0.05, 0) is 30.3 Å². The molecule has 1 aromatic carbocycles. The molecule has 1 amide bonds. The minimum absolute atomic E-state index is 0.157. The molecule has 0 fully saturated rings. The lowest BCUT2D eigenvalue weighted by Gasteiger charge is -2.12. The molecule has 3 rings (SSSR count). The normalized spacial score (nSPS) is 10.2. The third kappa shape index (κ3) is 2.97. The molecule has 0 aliphatic rings. The fourth-order valence-electron chi connectivity index (χ4n) is 1.87. The lowest BCUT2D eigenvalue weighted by atomic mass is 10.3. The Morgan fingerprint density at radius 1 is 1.09 bits per heavy atom. The molecule has 0 spiro atoms. The van der Waals surface area contributed by atoms with Gasteiger partial charge in [-0.2, -0.15) is 9.79 Å². The smallest absolute Gasteiger partial charge is 0.285 e. The van der Waals surface area contributed by atoms with Crippen LogP contribution in [-0.2, 0) is 0 Å². The molecule has 2 heterocycles. The fraction of sp³-hybridized carbons (Fsp3) is 0. The van der Waals surface area contributed by atoms with Crippen LogP contribution in [0.5, 0.6) is 5.75 Å². The van der Waals surface area contributed by atoms with Crippen molar-refractivity contribution in [1.29, 1.82) is 0 Å². The summed E-state index contributed by atoms with van der Waals surface area (Å²) in [5, 5.41) is 10.4. The van der Waals surface area contributed by atoms with Gasteiger partial charge in [0.15, 0.2) is 11.6 Å². The van der Waals surface area contributed by atoms with E-state index in [4.69, 9.17) is 4.84 Å². The maximum absolute atomic E-state index is 12.2. The SMILES string of the molecule is O=C(c1ccn(Oc2ccccc2)c1)N(O)c1ccccn1. The van der Waals surface area contributed by atoms with Gasteiger partial charge in [-0.15, -0.1) is 0 Å². The van der Waals surface area contributed by atoms with Crippen LogP contribution in [0.15, 0.2) is 73.2 Å². The van der Waals surface area contributed by atoms with Crippen molar-refractivity contribution < 1.29 is 14.8 Å². The third-order valence-corrected chi connectivity index (χ3v) is 2.93. The predicted molar refractivity (Wildman–Crippen MR) is 79.7 cm³/mol. The number of hydrogen-bond acceptors (Lipinski definition) is 4. The largest absolute Gasteiger partial charge is 0.376 e. The lowest BCUT2D eigenvalue weighted by Crippen LogP contribution is -2.27. The van der Waals surface area contributed by atoms with Crippen molar-refractivity contribution in [3.8, 4) is 5.75 Å². The molecule has 6 nitrogen and oxygen atoms in total. The average molecular weight is 295 g/mol. The molecule has 1 N–H and O–H groups in total. The number of hydroxylamine groups is 1. The Morgan fingerprint density at radius 2 is 1.86 bits per heavy atom. The van der Waals surface area contributed by atoms with E-state index in [0.717, 1.165) is 0 Å². The van der Waals surface area contributed by atoms with E-state index in [1.165, 1.54) is 23.2 Å². The summed E-state index contributed by atoms with van der Waals surface area (Å²) in [6, 6.07) is 15.7. The summed E-state index contributed by atoms with van der Waals surface area (Å²) < 4.78 is 1.40. The molecule has 0 saturated carbocycles. The molecule has 0 aliphatic carbocycles. The van der Waals surface area contributed by atoms with Crippen LogP contribution in [0.4, 0.5) is 5.82 Å². The zero-order valence-corrected chi connectivity index (χ0v) is 11.5. The minimum Gasteiger partial charge on any atom is -0.376 e. The second kappa shape index (κ2) is 6.11. The van der Waals surface area contributed by atoms with Gasteiger partial charge in [-0.1, -0.05) is 24.3 Å². The van der Waals surface area contributed by atoms with Gasteiger partial charge in [0.25, 0.3) is 5.91 Å². The zero-order valence-electron chi connectivity index (χ0n) is 11.5. The highest BCUT2D eigenvalue weighted by Gasteiger charge is 2.17. The van der Waals surface area contributed by atoms with Crippen LogP contribution in [-0.4, -0.2) is 20.8 Å². The predicted octanol–water partition coefficient (Wildman–Crippen LogP) is 2.76. The number of rotatable bonds is 4. The van der Waals surface area contributed by atoms with Crippen molar-refractivity contribution in [2.75, 3.05) is 5.06 Å². The van der Waals surface area contributed by atoms with E-state index in [9.17, 15) is 10.0 Å². The number of carbonyl (C=O) groups is 1. The molecular formula is C16H13N3O3. The lowest BCUT2D eigenvalue weighted by molar-refractivity contribution is 0.0850. The van der Waals surface area contributed by atoms with Gasteiger partial charge in [0, 0.05) is 12.4 Å². The van der Waals surface area contributed by atoms with E-state index in [-0.39, 0.29) is 11.4 Å². The van der Waals surface area contributed by atoms with Gasteiger partial charge in [0.1, 0.15) is 0 Å². The van der Waals surface area contributed by atoms with Crippen LogP contribution in [0.2, 0.25) is 0 Å². The van der Waals surface area contributed by atoms with E-state index < -0.39 is 5.91 Å². The topological polar surface area (TPSA) is 67.6 Å². The molecule has 2 aromatic heterocycles. The van der Waals surface area contributed by atoms with E-state index in [2.05, 4.69) is 4.98 Å². The summed E-state index contributed by atoms with van der Waals surface area (Å²) in [4.78, 5) is 21.6. The number of amides is 1. The number of aromatic nitrogens is 2. The molecule has 0 aliphatic heterocycles. The summed E-state index contributed by atoms with van der Waals surface area (Å²) in [6.45, 7) is 0. The van der Waals surface area contributed by atoms with Crippen LogP contribution in [0, 0.1) is 0 Å². The van der Waals surface area contributed by atoms with E-state index >= 15 is 0 Å². The first kappa shape index (κ1) is 13.8. The maximum atomic E-state index is 12.2. The van der Waals surface area contributed by atoms with Gasteiger partial charge in [-0.25, -0.2) is 4.98 Å². The second-order valence-electron chi connectivity index (χ2n) is 4.47. The number of nitrogens with zero attached hydrogens (tertiary/aromatic N) is 3. The van der Waals surface area contributed by atoms with Crippen LogP contribution in [0.3, 0.4) is 0 Å². The number of benzene rings is 1. The number of hydrogen-bond donors (Lipinski definition) is 1. The van der Waals surface area contributed by atoms with Crippen molar-refractivity contribution in [2.24, 2.45) is 0 Å². The van der Waals surface area contributed by atoms with E-state index in [1.807, 2.05) is 18.2 Å². The van der Waals surface area contributed by atoms with Gasteiger partial charge >= 0.3 is 0 Å². The highest BCUT2D eigenvalue weighted by Crippen LogP contribution is 2.14. The maximum Gasteiger partial charge on any atom is 0.285 e. The molecule has 3 aromatic rings. The van der Waals surface area contributed by atoms with Crippen molar-refractivity contribution in [1.82, 2.24) is 9.71 Å². The molecule has 110 valence electrons. The van der Waals surface area contributed by atoms with Crippen molar-refractivity contribution in [2.45, 2.75) is 0 Å². The monoisotopic (exact) mass is 295 g/mol. The van der Waals surface area contributed by atoms with E-state index in [0.29, 0.717) is 10.8 Å². The fourth-order valence-corrected chi connectivity index (χ4v) is 1.87. The van der Waals surface area contributed by atoms with Gasteiger partial charge in [0.05, 0.1) is 11.8 Å². The quantitative estimate of drug-likeness (QED) is 0.593. The zero-order chi connectivity index (χ0) is 15.4. The van der Waals surface area contributed by atoms with Gasteiger partial charge in [-0.3, -0.25) is 10.0 Å². The van der Waals surface area contributed by atoms with Crippen LogP contribution >= 0.6 is 0 Å². The van der Waals surface area contributed by atoms with Crippen molar-refractivity contribution in [3.05, 3.63) is 78.8 Å². The van der Waals surface area contributed by atoms with Crippen LogP contribution in [0.25, 0.3) is 0 Å². The Balaban J connectivity index is 1.74. The molecule has 0 radical (unpaired) electrons. The molecule has 6 heteroatoms. The molecular weight excluding hydrogens is 282 g/mol. The van der Waals surface area contributed by atoms with Crippen LogP contribution in [0.1, 0.15) is 10.4 Å². The summed E-state index contributed by atoms with van der Waals surface area (Å²) in [5.41, 5.74) is 0.282. The van der Waals surface area contributed by atoms with Crippen LogP contribution < -0.4 is 9.90 Å². The molecule has 0 saturated heterocycles. The van der Waals surface area contributed by atoms with Crippen molar-refractivity contribution >= 4 is 11.7 Å². The Morgan fingerprint density at radius 3 is 2.59 bits per heavy atom. The first-order valence-corrected chi connectivity index (χ1v) is 6.60. The first-order valence-electron chi connectivity index (χ1n) is 6.60. The molecule has 22 heavy (non-hydrogen) atoms. The Labute approximate surface area is 126 Å². The minimum atomic E-state index is -0.589. The van der Waals surface area contributed by atoms with E-state index in [1.54, 1.807) is 36.5 Å². The number of pyridine rings is 1. The Bertz CT molecular complexity index is 757.